The van der Waals surface area contributed by atoms with Crippen molar-refractivity contribution < 1.29 is 9.47 Å². The van der Waals surface area contributed by atoms with Gasteiger partial charge in [-0.15, -0.1) is 0 Å². The number of rotatable bonds is 1. The molecule has 0 amide bonds. The molecular formula is C9H16O2. The molecule has 0 radical (unpaired) electrons. The van der Waals surface area contributed by atoms with Crippen molar-refractivity contribution in [1.82, 2.24) is 0 Å². The maximum Gasteiger partial charge on any atom is 0.102 e. The molecule has 0 aromatic heterocycles. The molecule has 64 valence electrons. The van der Waals surface area contributed by atoms with Crippen molar-refractivity contribution in [1.29, 1.82) is 0 Å². The van der Waals surface area contributed by atoms with Crippen molar-refractivity contribution in [3.05, 3.63) is 0 Å². The van der Waals surface area contributed by atoms with Gasteiger partial charge in [-0.1, -0.05) is 13.8 Å². The first-order valence-corrected chi connectivity index (χ1v) is 4.17. The van der Waals surface area contributed by atoms with E-state index in [9.17, 15) is 0 Å². The van der Waals surface area contributed by atoms with E-state index in [-0.39, 0.29) is 16.6 Å². The first-order chi connectivity index (χ1) is 4.97. The second-order valence-electron chi connectivity index (χ2n) is 4.52. The summed E-state index contributed by atoms with van der Waals surface area (Å²) in [6, 6.07) is 0. The van der Waals surface area contributed by atoms with Gasteiger partial charge in [0.05, 0.1) is 12.2 Å². The van der Waals surface area contributed by atoms with Gasteiger partial charge in [0, 0.05) is 18.9 Å². The van der Waals surface area contributed by atoms with E-state index in [1.54, 1.807) is 7.11 Å². The Morgan fingerprint density at radius 3 is 2.09 bits per heavy atom. The molecule has 2 aliphatic rings. The highest BCUT2D eigenvalue weighted by Gasteiger charge is 2.74. The summed E-state index contributed by atoms with van der Waals surface area (Å²) in [6.45, 7) is 7.55. The average Bonchev–Trinajstić information content (AvgIpc) is 2.70. The molecule has 2 rings (SSSR count). The quantitative estimate of drug-likeness (QED) is 0.538. The van der Waals surface area contributed by atoms with E-state index in [0.29, 0.717) is 0 Å². The van der Waals surface area contributed by atoms with Gasteiger partial charge in [0.2, 0.25) is 0 Å². The molecule has 0 aromatic rings. The molecule has 2 heteroatoms. The Balaban J connectivity index is 2.22. The van der Waals surface area contributed by atoms with Gasteiger partial charge >= 0.3 is 0 Å². The van der Waals surface area contributed by atoms with Crippen LogP contribution in [0.5, 0.6) is 0 Å². The van der Waals surface area contributed by atoms with Gasteiger partial charge in [-0.05, 0) is 6.92 Å². The third-order valence-electron chi connectivity index (χ3n) is 4.03. The normalized spacial score (nSPS) is 52.4. The fraction of sp³-hybridized carbons (Fsp3) is 1.00. The van der Waals surface area contributed by atoms with Crippen LogP contribution in [0.25, 0.3) is 0 Å². The first kappa shape index (κ1) is 7.56. The minimum absolute atomic E-state index is 0.0312. The summed E-state index contributed by atoms with van der Waals surface area (Å²) in [7, 11) is 1.79. The van der Waals surface area contributed by atoms with E-state index < -0.39 is 0 Å². The SMILES string of the molecule is COC1(C)CC2(CO2)C1(C)C. The van der Waals surface area contributed by atoms with Gasteiger partial charge in [-0.25, -0.2) is 0 Å². The standard InChI is InChI=1S/C9H16O2/c1-7(2)8(3,10-4)5-9(7)6-11-9/h5-6H2,1-4H3. The largest absolute Gasteiger partial charge is 0.378 e. The van der Waals surface area contributed by atoms with Crippen molar-refractivity contribution in [2.45, 2.75) is 38.4 Å². The van der Waals surface area contributed by atoms with Crippen LogP contribution in [0.3, 0.4) is 0 Å². The summed E-state index contributed by atoms with van der Waals surface area (Å²) in [5, 5.41) is 0. The molecule has 1 aliphatic heterocycles. The highest BCUT2D eigenvalue weighted by atomic mass is 16.6. The molecule has 1 aliphatic carbocycles. The summed E-state index contributed by atoms with van der Waals surface area (Å²) in [5.74, 6) is 0. The lowest BCUT2D eigenvalue weighted by Crippen LogP contribution is -2.65. The molecule has 2 fully saturated rings. The van der Waals surface area contributed by atoms with Crippen LogP contribution in [0, 0.1) is 5.41 Å². The molecule has 2 unspecified atom stereocenters. The van der Waals surface area contributed by atoms with Gasteiger partial charge in [-0.2, -0.15) is 0 Å². The highest BCUT2D eigenvalue weighted by Crippen LogP contribution is 2.66. The van der Waals surface area contributed by atoms with Gasteiger partial charge in [0.15, 0.2) is 0 Å². The lowest BCUT2D eigenvalue weighted by Gasteiger charge is -2.57. The third-order valence-corrected chi connectivity index (χ3v) is 4.03. The monoisotopic (exact) mass is 156 g/mol. The Morgan fingerprint density at radius 2 is 1.82 bits per heavy atom. The minimum atomic E-state index is 0.0312. The Bertz CT molecular complexity index is 194. The van der Waals surface area contributed by atoms with Crippen molar-refractivity contribution in [2.24, 2.45) is 5.41 Å². The zero-order valence-corrected chi connectivity index (χ0v) is 7.73. The Morgan fingerprint density at radius 1 is 1.27 bits per heavy atom. The van der Waals surface area contributed by atoms with Crippen LogP contribution in [-0.4, -0.2) is 24.9 Å². The van der Waals surface area contributed by atoms with Gasteiger partial charge in [0.25, 0.3) is 0 Å². The number of methoxy groups -OCH3 is 1. The molecule has 1 heterocycles. The maximum atomic E-state index is 5.48. The van der Waals surface area contributed by atoms with Crippen molar-refractivity contribution in [3.8, 4) is 0 Å². The van der Waals surface area contributed by atoms with Crippen LogP contribution in [0.15, 0.2) is 0 Å². The van der Waals surface area contributed by atoms with Crippen LogP contribution in [0.4, 0.5) is 0 Å². The van der Waals surface area contributed by atoms with Gasteiger partial charge in [0.1, 0.15) is 5.60 Å². The van der Waals surface area contributed by atoms with E-state index >= 15 is 0 Å². The van der Waals surface area contributed by atoms with Crippen molar-refractivity contribution in [2.75, 3.05) is 13.7 Å². The maximum absolute atomic E-state index is 5.48. The van der Waals surface area contributed by atoms with Gasteiger partial charge < -0.3 is 9.47 Å². The minimum Gasteiger partial charge on any atom is -0.378 e. The molecule has 1 saturated carbocycles. The topological polar surface area (TPSA) is 21.8 Å². The van der Waals surface area contributed by atoms with Crippen LogP contribution in [0.2, 0.25) is 0 Å². The second-order valence-corrected chi connectivity index (χ2v) is 4.52. The van der Waals surface area contributed by atoms with Gasteiger partial charge in [-0.3, -0.25) is 0 Å². The van der Waals surface area contributed by atoms with Crippen LogP contribution in [-0.2, 0) is 9.47 Å². The lowest BCUT2D eigenvalue weighted by molar-refractivity contribution is -0.209. The van der Waals surface area contributed by atoms with Crippen LogP contribution in [0.1, 0.15) is 27.2 Å². The predicted molar refractivity (Wildman–Crippen MR) is 42.5 cm³/mol. The van der Waals surface area contributed by atoms with Crippen LogP contribution < -0.4 is 0 Å². The summed E-state index contributed by atoms with van der Waals surface area (Å²) in [4.78, 5) is 0. The molecule has 0 N–H and O–H groups in total. The van der Waals surface area contributed by atoms with Crippen molar-refractivity contribution in [3.63, 3.8) is 0 Å². The van der Waals surface area contributed by atoms with E-state index in [2.05, 4.69) is 20.8 Å². The molecule has 2 atom stereocenters. The Labute approximate surface area is 67.9 Å². The van der Waals surface area contributed by atoms with E-state index in [0.717, 1.165) is 13.0 Å². The molecule has 1 saturated heterocycles. The second kappa shape index (κ2) is 1.64. The number of ether oxygens (including phenoxy) is 2. The molecule has 2 nitrogen and oxygen atoms in total. The predicted octanol–water partition coefficient (Wildman–Crippen LogP) is 1.59. The third kappa shape index (κ3) is 0.611. The molecular weight excluding hydrogens is 140 g/mol. The molecule has 0 aromatic carbocycles. The summed E-state index contributed by atoms with van der Waals surface area (Å²) < 4.78 is 10.9. The molecule has 1 spiro atoms. The fourth-order valence-electron chi connectivity index (χ4n) is 2.24. The van der Waals surface area contributed by atoms with Crippen molar-refractivity contribution >= 4 is 0 Å². The zero-order valence-electron chi connectivity index (χ0n) is 7.73. The average molecular weight is 156 g/mol. The number of epoxide rings is 1. The van der Waals surface area contributed by atoms with E-state index in [1.165, 1.54) is 0 Å². The Hall–Kier alpha value is -0.0800. The summed E-state index contributed by atoms with van der Waals surface area (Å²) in [5.41, 5.74) is 0.399. The lowest BCUT2D eigenvalue weighted by atomic mass is 9.52. The van der Waals surface area contributed by atoms with E-state index in [4.69, 9.17) is 9.47 Å². The zero-order chi connectivity index (χ0) is 8.33. The number of hydrogen-bond donors (Lipinski definition) is 0. The summed E-state index contributed by atoms with van der Waals surface area (Å²) in [6.07, 6.45) is 1.06. The highest BCUT2D eigenvalue weighted by molar-refractivity contribution is 5.23. The first-order valence-electron chi connectivity index (χ1n) is 4.17. The summed E-state index contributed by atoms with van der Waals surface area (Å²) >= 11 is 0. The van der Waals surface area contributed by atoms with E-state index in [1.807, 2.05) is 0 Å². The molecule has 11 heavy (non-hydrogen) atoms. The van der Waals surface area contributed by atoms with Crippen LogP contribution >= 0.6 is 0 Å². The molecule has 0 bridgehead atoms. The smallest absolute Gasteiger partial charge is 0.102 e. The fourth-order valence-corrected chi connectivity index (χ4v) is 2.24. The number of hydrogen-bond acceptors (Lipinski definition) is 2. The Kier molecular flexibility index (Phi) is 1.13.